The Bertz CT molecular complexity index is 432. The van der Waals surface area contributed by atoms with Crippen LogP contribution < -0.4 is 5.73 Å². The lowest BCUT2D eigenvalue weighted by molar-refractivity contribution is -0.142. The molecule has 1 aromatic rings. The van der Waals surface area contributed by atoms with E-state index in [9.17, 15) is 9.59 Å². The van der Waals surface area contributed by atoms with Crippen molar-refractivity contribution in [3.63, 3.8) is 0 Å². The topological polar surface area (TPSA) is 63.4 Å². The maximum atomic E-state index is 11.7. The minimum atomic E-state index is -0.113. The molecule has 17 heavy (non-hydrogen) atoms. The number of benzene rings is 1. The molecule has 2 N–H and O–H groups in total. The van der Waals surface area contributed by atoms with Gasteiger partial charge in [-0.1, -0.05) is 24.3 Å². The second kappa shape index (κ2) is 5.33. The van der Waals surface area contributed by atoms with E-state index in [4.69, 9.17) is 5.73 Å². The van der Waals surface area contributed by atoms with Crippen LogP contribution in [0.15, 0.2) is 24.3 Å². The van der Waals surface area contributed by atoms with Gasteiger partial charge in [-0.15, -0.1) is 11.8 Å². The molecule has 1 heterocycles. The summed E-state index contributed by atoms with van der Waals surface area (Å²) in [6.07, 6.45) is 0. The molecule has 0 atom stereocenters. The van der Waals surface area contributed by atoms with Crippen LogP contribution in [0.2, 0.25) is 0 Å². The Morgan fingerprint density at radius 2 is 1.71 bits per heavy atom. The number of imide groups is 1. The molecule has 0 saturated carbocycles. The van der Waals surface area contributed by atoms with Crippen LogP contribution >= 0.6 is 11.8 Å². The van der Waals surface area contributed by atoms with Crippen molar-refractivity contribution in [3.8, 4) is 0 Å². The largest absolute Gasteiger partial charge is 0.326 e. The highest BCUT2D eigenvalue weighted by Gasteiger charge is 2.26. The van der Waals surface area contributed by atoms with Crippen molar-refractivity contribution in [3.05, 3.63) is 35.4 Å². The smallest absolute Gasteiger partial charge is 0.239 e. The first-order valence-electron chi connectivity index (χ1n) is 5.40. The van der Waals surface area contributed by atoms with E-state index in [0.29, 0.717) is 24.6 Å². The SMILES string of the molecule is NCc1ccccc1CN1C(=O)CSCC1=O. The minimum Gasteiger partial charge on any atom is -0.326 e. The number of amides is 2. The first-order chi connectivity index (χ1) is 8.22. The zero-order valence-electron chi connectivity index (χ0n) is 9.39. The summed E-state index contributed by atoms with van der Waals surface area (Å²) in [7, 11) is 0. The molecule has 90 valence electrons. The molecule has 1 aromatic carbocycles. The van der Waals surface area contributed by atoms with Crippen molar-refractivity contribution in [1.29, 1.82) is 0 Å². The molecular formula is C12H14N2O2S. The Labute approximate surface area is 104 Å². The van der Waals surface area contributed by atoms with Crippen LogP contribution in [-0.4, -0.2) is 28.2 Å². The fourth-order valence-corrected chi connectivity index (χ4v) is 2.54. The van der Waals surface area contributed by atoms with Gasteiger partial charge in [0.05, 0.1) is 18.1 Å². The molecule has 1 fully saturated rings. The zero-order valence-corrected chi connectivity index (χ0v) is 10.2. The summed E-state index contributed by atoms with van der Waals surface area (Å²) in [6, 6.07) is 7.62. The molecule has 0 aliphatic carbocycles. The molecule has 0 unspecified atom stereocenters. The second-order valence-corrected chi connectivity index (χ2v) is 4.82. The Kier molecular flexibility index (Phi) is 3.81. The highest BCUT2D eigenvalue weighted by molar-refractivity contribution is 8.00. The highest BCUT2D eigenvalue weighted by atomic mass is 32.2. The normalized spacial score (nSPS) is 16.4. The van der Waals surface area contributed by atoms with Gasteiger partial charge in [0.1, 0.15) is 0 Å². The molecule has 0 spiro atoms. The van der Waals surface area contributed by atoms with Gasteiger partial charge < -0.3 is 5.73 Å². The van der Waals surface area contributed by atoms with E-state index < -0.39 is 0 Å². The Morgan fingerprint density at radius 1 is 1.12 bits per heavy atom. The van der Waals surface area contributed by atoms with Crippen molar-refractivity contribution >= 4 is 23.6 Å². The van der Waals surface area contributed by atoms with Crippen LogP contribution in [0, 0.1) is 0 Å². The van der Waals surface area contributed by atoms with Crippen LogP contribution in [0.5, 0.6) is 0 Å². The van der Waals surface area contributed by atoms with E-state index in [2.05, 4.69) is 0 Å². The van der Waals surface area contributed by atoms with Crippen LogP contribution in [0.1, 0.15) is 11.1 Å². The summed E-state index contributed by atoms with van der Waals surface area (Å²) in [5, 5.41) is 0. The predicted octanol–water partition coefficient (Wildman–Crippen LogP) is 0.747. The van der Waals surface area contributed by atoms with Crippen molar-refractivity contribution in [2.75, 3.05) is 11.5 Å². The van der Waals surface area contributed by atoms with Gasteiger partial charge in [0.15, 0.2) is 0 Å². The van der Waals surface area contributed by atoms with Gasteiger partial charge in [-0.25, -0.2) is 0 Å². The molecule has 0 bridgehead atoms. The maximum Gasteiger partial charge on any atom is 0.239 e. The lowest BCUT2D eigenvalue weighted by atomic mass is 10.1. The van der Waals surface area contributed by atoms with E-state index in [0.717, 1.165) is 11.1 Å². The number of rotatable bonds is 3. The Balaban J connectivity index is 2.19. The third-order valence-electron chi connectivity index (χ3n) is 2.72. The van der Waals surface area contributed by atoms with Crippen molar-refractivity contribution in [2.24, 2.45) is 5.73 Å². The Hall–Kier alpha value is -1.33. The van der Waals surface area contributed by atoms with E-state index >= 15 is 0 Å². The molecule has 1 aliphatic rings. The highest BCUT2D eigenvalue weighted by Crippen LogP contribution is 2.17. The maximum absolute atomic E-state index is 11.7. The molecule has 2 amide bonds. The molecule has 5 heteroatoms. The average molecular weight is 250 g/mol. The van der Waals surface area contributed by atoms with Gasteiger partial charge in [0.25, 0.3) is 0 Å². The number of carbonyl (C=O) groups is 2. The van der Waals surface area contributed by atoms with Crippen LogP contribution in [0.3, 0.4) is 0 Å². The van der Waals surface area contributed by atoms with Gasteiger partial charge >= 0.3 is 0 Å². The van der Waals surface area contributed by atoms with Gasteiger partial charge in [-0.05, 0) is 11.1 Å². The standard InChI is InChI=1S/C12H14N2O2S/c13-5-9-3-1-2-4-10(9)6-14-11(15)7-17-8-12(14)16/h1-4H,5-8,13H2. The second-order valence-electron chi connectivity index (χ2n) is 3.84. The molecule has 1 aliphatic heterocycles. The van der Waals surface area contributed by atoms with Gasteiger partial charge in [-0.2, -0.15) is 0 Å². The molecule has 4 nitrogen and oxygen atoms in total. The molecule has 1 saturated heterocycles. The summed E-state index contributed by atoms with van der Waals surface area (Å²) in [4.78, 5) is 24.6. The van der Waals surface area contributed by atoms with Gasteiger partial charge in [0.2, 0.25) is 11.8 Å². The number of hydrogen-bond acceptors (Lipinski definition) is 4. The number of thioether (sulfide) groups is 1. The molecule has 0 radical (unpaired) electrons. The average Bonchev–Trinajstić information content (AvgIpc) is 2.34. The minimum absolute atomic E-state index is 0.113. The predicted molar refractivity (Wildman–Crippen MR) is 67.2 cm³/mol. The molecule has 0 aromatic heterocycles. The first-order valence-corrected chi connectivity index (χ1v) is 6.55. The molecule has 2 rings (SSSR count). The summed E-state index contributed by atoms with van der Waals surface area (Å²) in [6.45, 7) is 0.757. The summed E-state index contributed by atoms with van der Waals surface area (Å²) < 4.78 is 0. The summed E-state index contributed by atoms with van der Waals surface area (Å²) >= 11 is 1.37. The Morgan fingerprint density at radius 3 is 2.29 bits per heavy atom. The van der Waals surface area contributed by atoms with E-state index in [-0.39, 0.29) is 11.8 Å². The van der Waals surface area contributed by atoms with Crippen molar-refractivity contribution in [2.45, 2.75) is 13.1 Å². The van der Waals surface area contributed by atoms with Gasteiger partial charge in [-0.3, -0.25) is 14.5 Å². The number of carbonyl (C=O) groups excluding carboxylic acids is 2. The van der Waals surface area contributed by atoms with Gasteiger partial charge in [0, 0.05) is 6.54 Å². The number of nitrogens with zero attached hydrogens (tertiary/aromatic N) is 1. The van der Waals surface area contributed by atoms with E-state index in [1.165, 1.54) is 16.7 Å². The zero-order chi connectivity index (χ0) is 12.3. The third-order valence-corrected chi connectivity index (χ3v) is 3.62. The van der Waals surface area contributed by atoms with Crippen LogP contribution in [-0.2, 0) is 22.7 Å². The number of nitrogens with two attached hydrogens (primary N) is 1. The lowest BCUT2D eigenvalue weighted by Crippen LogP contribution is -2.42. The first kappa shape index (κ1) is 12.1. The van der Waals surface area contributed by atoms with Crippen LogP contribution in [0.4, 0.5) is 0 Å². The molecular weight excluding hydrogens is 236 g/mol. The fraction of sp³-hybridized carbons (Fsp3) is 0.333. The fourth-order valence-electron chi connectivity index (χ4n) is 1.78. The van der Waals surface area contributed by atoms with E-state index in [1.807, 2.05) is 24.3 Å². The third kappa shape index (κ3) is 2.68. The summed E-state index contributed by atoms with van der Waals surface area (Å²) in [5.74, 6) is 0.545. The lowest BCUT2D eigenvalue weighted by Gasteiger charge is -2.25. The van der Waals surface area contributed by atoms with Crippen molar-refractivity contribution in [1.82, 2.24) is 4.90 Å². The quantitative estimate of drug-likeness (QED) is 0.804. The number of hydrogen-bond donors (Lipinski definition) is 1. The van der Waals surface area contributed by atoms with Crippen LogP contribution in [0.25, 0.3) is 0 Å². The summed E-state index contributed by atoms with van der Waals surface area (Å²) in [5.41, 5.74) is 7.56. The van der Waals surface area contributed by atoms with Crippen molar-refractivity contribution < 1.29 is 9.59 Å². The monoisotopic (exact) mass is 250 g/mol. The van der Waals surface area contributed by atoms with E-state index in [1.54, 1.807) is 0 Å².